The van der Waals surface area contributed by atoms with Crippen molar-refractivity contribution in [2.24, 2.45) is 5.92 Å². The third-order valence-corrected chi connectivity index (χ3v) is 4.44. The van der Waals surface area contributed by atoms with E-state index >= 15 is 0 Å². The molecule has 0 bridgehead atoms. The van der Waals surface area contributed by atoms with Gasteiger partial charge in [-0.1, -0.05) is 0 Å². The van der Waals surface area contributed by atoms with E-state index in [2.05, 4.69) is 10.3 Å². The van der Waals surface area contributed by atoms with E-state index in [0.717, 1.165) is 18.7 Å². The summed E-state index contributed by atoms with van der Waals surface area (Å²) in [7, 11) is 0. The van der Waals surface area contributed by atoms with E-state index in [1.165, 1.54) is 0 Å². The first-order valence-corrected chi connectivity index (χ1v) is 9.14. The molecule has 0 aliphatic carbocycles. The maximum absolute atomic E-state index is 12.0. The van der Waals surface area contributed by atoms with Crippen molar-refractivity contribution in [1.29, 1.82) is 5.26 Å². The van der Waals surface area contributed by atoms with Gasteiger partial charge in [0.05, 0.1) is 38.2 Å². The van der Waals surface area contributed by atoms with Crippen LogP contribution in [0.3, 0.4) is 0 Å². The molecule has 0 radical (unpaired) electrons. The SMILES string of the molecule is CC(C)(C)OC(=O)N1CC2(C1)OCC(CCNc1ccc(C#N)nc1)CO2. The Kier molecular flexibility index (Phi) is 5.53. The van der Waals surface area contributed by atoms with Crippen LogP contribution < -0.4 is 5.32 Å². The van der Waals surface area contributed by atoms with Crippen molar-refractivity contribution in [2.45, 2.75) is 38.6 Å². The van der Waals surface area contributed by atoms with Crippen LogP contribution in [-0.4, -0.2) is 60.2 Å². The molecule has 3 rings (SSSR count). The minimum atomic E-state index is -0.669. The first-order valence-electron chi connectivity index (χ1n) is 9.14. The lowest BCUT2D eigenvalue weighted by Gasteiger charge is -2.51. The van der Waals surface area contributed by atoms with Crippen molar-refractivity contribution in [2.75, 3.05) is 38.2 Å². The fraction of sp³-hybridized carbons (Fsp3) is 0.632. The second-order valence-electron chi connectivity index (χ2n) is 7.99. The Morgan fingerprint density at radius 1 is 1.41 bits per heavy atom. The zero-order chi connectivity index (χ0) is 19.5. The van der Waals surface area contributed by atoms with E-state index in [1.54, 1.807) is 17.2 Å². The number of nitrogens with zero attached hydrogens (tertiary/aromatic N) is 3. The molecule has 1 aromatic rings. The van der Waals surface area contributed by atoms with E-state index in [-0.39, 0.29) is 6.09 Å². The summed E-state index contributed by atoms with van der Waals surface area (Å²) in [4.78, 5) is 17.6. The minimum Gasteiger partial charge on any atom is -0.444 e. The lowest BCUT2D eigenvalue weighted by Crippen LogP contribution is -2.68. The molecule has 1 N–H and O–H groups in total. The molecule has 2 saturated heterocycles. The van der Waals surface area contributed by atoms with Crippen LogP contribution in [0.25, 0.3) is 0 Å². The Hall–Kier alpha value is -2.37. The second kappa shape index (κ2) is 7.71. The molecule has 8 heteroatoms. The molecule has 2 fully saturated rings. The number of rotatable bonds is 4. The monoisotopic (exact) mass is 374 g/mol. The standard InChI is InChI=1S/C19H26N4O4/c1-18(2,3)27-17(24)23-12-19(13-23)25-10-14(11-26-19)6-7-21-16-5-4-15(8-20)22-9-16/h4-5,9,14,21H,6-7,10-13H2,1-3H3. The highest BCUT2D eigenvalue weighted by molar-refractivity contribution is 5.69. The summed E-state index contributed by atoms with van der Waals surface area (Å²) in [5, 5.41) is 12.0. The molecule has 146 valence electrons. The third-order valence-electron chi connectivity index (χ3n) is 4.44. The highest BCUT2D eigenvalue weighted by atomic mass is 16.7. The number of nitrogens with one attached hydrogen (secondary N) is 1. The predicted octanol–water partition coefficient (Wildman–Crippen LogP) is 2.37. The van der Waals surface area contributed by atoms with Crippen molar-refractivity contribution >= 4 is 11.8 Å². The Morgan fingerprint density at radius 3 is 2.67 bits per heavy atom. The fourth-order valence-electron chi connectivity index (χ4n) is 2.95. The first-order chi connectivity index (χ1) is 12.8. The minimum absolute atomic E-state index is 0.296. The molecule has 0 unspecified atom stereocenters. The fourth-order valence-corrected chi connectivity index (χ4v) is 2.95. The molecular formula is C19H26N4O4. The molecule has 1 aromatic heterocycles. The van der Waals surface area contributed by atoms with Crippen molar-refractivity contribution in [3.05, 3.63) is 24.0 Å². The van der Waals surface area contributed by atoms with Crippen LogP contribution in [0.5, 0.6) is 0 Å². The number of pyridine rings is 1. The Bertz CT molecular complexity index is 692. The quantitative estimate of drug-likeness (QED) is 0.864. The summed E-state index contributed by atoms with van der Waals surface area (Å²) in [6.45, 7) is 8.34. The van der Waals surface area contributed by atoms with E-state index in [4.69, 9.17) is 19.5 Å². The molecule has 2 aliphatic heterocycles. The molecular weight excluding hydrogens is 348 g/mol. The number of likely N-dealkylation sites (tertiary alicyclic amines) is 1. The van der Waals surface area contributed by atoms with E-state index in [0.29, 0.717) is 37.9 Å². The Labute approximate surface area is 159 Å². The topological polar surface area (TPSA) is 96.7 Å². The van der Waals surface area contributed by atoms with Gasteiger partial charge in [-0.25, -0.2) is 9.78 Å². The van der Waals surface area contributed by atoms with Gasteiger partial charge in [-0.2, -0.15) is 5.26 Å². The van der Waals surface area contributed by atoms with Crippen LogP contribution in [0.1, 0.15) is 32.9 Å². The predicted molar refractivity (Wildman–Crippen MR) is 98.0 cm³/mol. The average Bonchev–Trinajstić information content (AvgIpc) is 2.59. The summed E-state index contributed by atoms with van der Waals surface area (Å²) >= 11 is 0. The molecule has 27 heavy (non-hydrogen) atoms. The Balaban J connectivity index is 1.35. The van der Waals surface area contributed by atoms with Crippen molar-refractivity contribution in [3.8, 4) is 6.07 Å². The summed E-state index contributed by atoms with van der Waals surface area (Å²) in [5.74, 6) is -0.372. The highest BCUT2D eigenvalue weighted by Gasteiger charge is 2.51. The van der Waals surface area contributed by atoms with Gasteiger partial charge in [0.2, 0.25) is 5.79 Å². The van der Waals surface area contributed by atoms with Gasteiger partial charge < -0.3 is 19.5 Å². The molecule has 0 saturated carbocycles. The number of anilines is 1. The number of ether oxygens (including phenoxy) is 3. The number of nitriles is 1. The molecule has 2 aliphatic rings. The number of carbonyl (C=O) groups is 1. The van der Waals surface area contributed by atoms with Gasteiger partial charge in [0.1, 0.15) is 17.4 Å². The summed E-state index contributed by atoms with van der Waals surface area (Å²) in [6.07, 6.45) is 2.22. The molecule has 0 atom stereocenters. The van der Waals surface area contributed by atoms with Crippen LogP contribution in [0.15, 0.2) is 18.3 Å². The van der Waals surface area contributed by atoms with E-state index in [1.807, 2.05) is 32.9 Å². The van der Waals surface area contributed by atoms with Gasteiger partial charge in [0.15, 0.2) is 0 Å². The maximum atomic E-state index is 12.0. The number of aromatic nitrogens is 1. The highest BCUT2D eigenvalue weighted by Crippen LogP contribution is 2.33. The summed E-state index contributed by atoms with van der Waals surface area (Å²) in [5.41, 5.74) is 0.785. The summed E-state index contributed by atoms with van der Waals surface area (Å²) < 4.78 is 17.2. The lowest BCUT2D eigenvalue weighted by atomic mass is 10.0. The number of hydrogen-bond donors (Lipinski definition) is 1. The van der Waals surface area contributed by atoms with Crippen LogP contribution in [0, 0.1) is 17.2 Å². The van der Waals surface area contributed by atoms with Crippen LogP contribution in [0.4, 0.5) is 10.5 Å². The van der Waals surface area contributed by atoms with Gasteiger partial charge in [-0.05, 0) is 39.3 Å². The maximum Gasteiger partial charge on any atom is 0.410 e. The van der Waals surface area contributed by atoms with Gasteiger partial charge >= 0.3 is 6.09 Å². The molecule has 1 spiro atoms. The number of carbonyl (C=O) groups excluding carboxylic acids is 1. The van der Waals surface area contributed by atoms with Crippen molar-refractivity contribution < 1.29 is 19.0 Å². The molecule has 3 heterocycles. The lowest BCUT2D eigenvalue weighted by molar-refractivity contribution is -0.327. The van der Waals surface area contributed by atoms with Gasteiger partial charge in [0, 0.05) is 12.5 Å². The Morgan fingerprint density at radius 2 is 2.11 bits per heavy atom. The largest absolute Gasteiger partial charge is 0.444 e. The molecule has 0 aromatic carbocycles. The number of amides is 1. The normalized spacial score (nSPS) is 19.3. The molecule has 1 amide bonds. The van der Waals surface area contributed by atoms with Crippen LogP contribution in [0.2, 0.25) is 0 Å². The average molecular weight is 374 g/mol. The third kappa shape index (κ3) is 5.08. The van der Waals surface area contributed by atoms with Gasteiger partial charge in [-0.15, -0.1) is 0 Å². The van der Waals surface area contributed by atoms with Crippen molar-refractivity contribution in [1.82, 2.24) is 9.88 Å². The van der Waals surface area contributed by atoms with Crippen molar-refractivity contribution in [3.63, 3.8) is 0 Å². The first kappa shape index (κ1) is 19.4. The van der Waals surface area contributed by atoms with Gasteiger partial charge in [0.25, 0.3) is 0 Å². The zero-order valence-corrected chi connectivity index (χ0v) is 16.0. The van der Waals surface area contributed by atoms with Crippen LogP contribution >= 0.6 is 0 Å². The summed E-state index contributed by atoms with van der Waals surface area (Å²) in [6, 6.07) is 5.53. The van der Waals surface area contributed by atoms with Crippen LogP contribution in [-0.2, 0) is 14.2 Å². The number of hydrogen-bond acceptors (Lipinski definition) is 7. The smallest absolute Gasteiger partial charge is 0.410 e. The van der Waals surface area contributed by atoms with E-state index < -0.39 is 11.4 Å². The second-order valence-corrected chi connectivity index (χ2v) is 7.99. The van der Waals surface area contributed by atoms with E-state index in [9.17, 15) is 4.79 Å². The molecule has 8 nitrogen and oxygen atoms in total. The zero-order valence-electron chi connectivity index (χ0n) is 16.0. The van der Waals surface area contributed by atoms with Gasteiger partial charge in [-0.3, -0.25) is 4.90 Å².